The van der Waals surface area contributed by atoms with E-state index in [-0.39, 0.29) is 18.6 Å². The lowest BCUT2D eigenvalue weighted by Crippen LogP contribution is -2.21. The predicted molar refractivity (Wildman–Crippen MR) is 103 cm³/mol. The molecule has 2 aromatic rings. The molecular weight excluding hydrogens is 332 g/mol. The van der Waals surface area contributed by atoms with Crippen molar-refractivity contribution in [3.8, 4) is 11.5 Å². The minimum Gasteiger partial charge on any atom is -0.491 e. The lowest BCUT2D eigenvalue weighted by molar-refractivity contribution is -0.114. The van der Waals surface area contributed by atoms with Crippen LogP contribution in [0.3, 0.4) is 0 Å². The van der Waals surface area contributed by atoms with Crippen LogP contribution in [0.15, 0.2) is 48.5 Å². The van der Waals surface area contributed by atoms with E-state index in [1.54, 1.807) is 19.2 Å². The molecule has 0 bridgehead atoms. The van der Waals surface area contributed by atoms with Crippen LogP contribution in [0.25, 0.3) is 0 Å². The normalized spacial score (nSPS) is 10.5. The molecule has 6 nitrogen and oxygen atoms in total. The minimum absolute atomic E-state index is 0.124. The summed E-state index contributed by atoms with van der Waals surface area (Å²) in [5, 5.41) is 5.92. The Bertz CT molecular complexity index is 669. The fraction of sp³-hybridized carbons (Fsp3) is 0.350. The van der Waals surface area contributed by atoms with Gasteiger partial charge >= 0.3 is 0 Å². The smallest absolute Gasteiger partial charge is 0.243 e. The predicted octanol–water partition coefficient (Wildman–Crippen LogP) is 3.55. The van der Waals surface area contributed by atoms with E-state index in [2.05, 4.69) is 10.6 Å². The van der Waals surface area contributed by atoms with Crippen LogP contribution in [0.4, 0.5) is 11.4 Å². The summed E-state index contributed by atoms with van der Waals surface area (Å²) in [6.45, 7) is 5.17. The van der Waals surface area contributed by atoms with Gasteiger partial charge in [-0.1, -0.05) is 0 Å². The van der Waals surface area contributed by atoms with E-state index < -0.39 is 0 Å². The largest absolute Gasteiger partial charge is 0.491 e. The average Bonchev–Trinajstić information content (AvgIpc) is 2.62. The molecule has 0 aromatic heterocycles. The molecule has 1 amide bonds. The minimum atomic E-state index is -0.124. The van der Waals surface area contributed by atoms with E-state index >= 15 is 0 Å². The molecule has 0 spiro atoms. The molecule has 0 aliphatic rings. The van der Waals surface area contributed by atoms with E-state index in [0.29, 0.717) is 13.2 Å². The van der Waals surface area contributed by atoms with Gasteiger partial charge in [-0.2, -0.15) is 0 Å². The second kappa shape index (κ2) is 10.3. The number of carbonyl (C=O) groups excluding carboxylic acids is 1. The summed E-state index contributed by atoms with van der Waals surface area (Å²) in [5.41, 5.74) is 1.58. The first kappa shape index (κ1) is 19.6. The third kappa shape index (κ3) is 7.03. The fourth-order valence-electron chi connectivity index (χ4n) is 2.19. The van der Waals surface area contributed by atoms with Crippen molar-refractivity contribution in [3.05, 3.63) is 48.5 Å². The van der Waals surface area contributed by atoms with Gasteiger partial charge < -0.3 is 24.8 Å². The average molecular weight is 358 g/mol. The van der Waals surface area contributed by atoms with Crippen LogP contribution in [-0.2, 0) is 9.53 Å². The molecule has 0 radical (unpaired) electrons. The van der Waals surface area contributed by atoms with Gasteiger partial charge in [0.1, 0.15) is 18.1 Å². The lowest BCUT2D eigenvalue weighted by Gasteiger charge is -2.11. The third-order valence-electron chi connectivity index (χ3n) is 3.37. The Balaban J connectivity index is 1.76. The number of anilines is 2. The maximum atomic E-state index is 12.0. The molecule has 0 atom stereocenters. The van der Waals surface area contributed by atoms with Crippen molar-refractivity contribution in [1.29, 1.82) is 0 Å². The molecule has 2 aromatic carbocycles. The van der Waals surface area contributed by atoms with Crippen LogP contribution in [0.1, 0.15) is 13.8 Å². The summed E-state index contributed by atoms with van der Waals surface area (Å²) in [4.78, 5) is 12.0. The zero-order chi connectivity index (χ0) is 18.8. The van der Waals surface area contributed by atoms with Gasteiger partial charge in [0, 0.05) is 18.5 Å². The highest BCUT2D eigenvalue weighted by atomic mass is 16.5. The molecule has 0 heterocycles. The number of rotatable bonds is 10. The van der Waals surface area contributed by atoms with Crippen molar-refractivity contribution in [2.75, 3.05) is 37.5 Å². The highest BCUT2D eigenvalue weighted by Gasteiger charge is 2.04. The first-order valence-corrected chi connectivity index (χ1v) is 8.59. The van der Waals surface area contributed by atoms with Crippen LogP contribution in [0.5, 0.6) is 11.5 Å². The number of methoxy groups -OCH3 is 1. The standard InChI is InChI=1S/C20H26N2O4/c1-15(2)26-19-10-4-16(5-11-19)21-14-20(23)22-17-6-8-18(9-7-17)25-13-12-24-3/h4-11,15,21H,12-14H2,1-3H3,(H,22,23). The van der Waals surface area contributed by atoms with Gasteiger partial charge in [0.15, 0.2) is 0 Å². The maximum Gasteiger partial charge on any atom is 0.243 e. The second-order valence-corrected chi connectivity index (χ2v) is 5.96. The summed E-state index contributed by atoms with van der Waals surface area (Å²) in [6.07, 6.45) is 0.136. The Morgan fingerprint density at radius 2 is 1.54 bits per heavy atom. The summed E-state index contributed by atoms with van der Waals surface area (Å²) >= 11 is 0. The number of benzene rings is 2. The van der Waals surface area contributed by atoms with Crippen LogP contribution in [0.2, 0.25) is 0 Å². The molecule has 0 aliphatic heterocycles. The molecule has 0 aliphatic carbocycles. The number of carbonyl (C=O) groups is 1. The monoisotopic (exact) mass is 358 g/mol. The SMILES string of the molecule is COCCOc1ccc(NC(=O)CNc2ccc(OC(C)C)cc2)cc1. The van der Waals surface area contributed by atoms with Crippen molar-refractivity contribution in [3.63, 3.8) is 0 Å². The van der Waals surface area contributed by atoms with Gasteiger partial charge in [0.05, 0.1) is 19.3 Å². The van der Waals surface area contributed by atoms with E-state index in [4.69, 9.17) is 14.2 Å². The lowest BCUT2D eigenvalue weighted by atomic mass is 10.3. The van der Waals surface area contributed by atoms with Crippen molar-refractivity contribution >= 4 is 17.3 Å². The molecular formula is C20H26N2O4. The van der Waals surface area contributed by atoms with Crippen LogP contribution in [-0.4, -0.2) is 38.9 Å². The molecule has 26 heavy (non-hydrogen) atoms. The van der Waals surface area contributed by atoms with Gasteiger partial charge in [-0.25, -0.2) is 0 Å². The van der Waals surface area contributed by atoms with Gasteiger partial charge in [-0.3, -0.25) is 4.79 Å². The van der Waals surface area contributed by atoms with Crippen molar-refractivity contribution in [2.45, 2.75) is 20.0 Å². The van der Waals surface area contributed by atoms with Crippen LogP contribution in [0, 0.1) is 0 Å². The number of ether oxygens (including phenoxy) is 3. The summed E-state index contributed by atoms with van der Waals surface area (Å²) in [6, 6.07) is 14.8. The topological polar surface area (TPSA) is 68.8 Å². The Labute approximate surface area is 154 Å². The Morgan fingerprint density at radius 3 is 2.15 bits per heavy atom. The van der Waals surface area contributed by atoms with Crippen molar-refractivity contribution in [2.24, 2.45) is 0 Å². The Kier molecular flexibility index (Phi) is 7.76. The van der Waals surface area contributed by atoms with Gasteiger partial charge in [-0.05, 0) is 62.4 Å². The number of hydrogen-bond acceptors (Lipinski definition) is 5. The molecule has 140 valence electrons. The molecule has 0 saturated carbocycles. The number of nitrogens with one attached hydrogen (secondary N) is 2. The second-order valence-electron chi connectivity index (χ2n) is 5.96. The van der Waals surface area contributed by atoms with Gasteiger partial charge in [0.2, 0.25) is 5.91 Å². The van der Waals surface area contributed by atoms with Crippen molar-refractivity contribution in [1.82, 2.24) is 0 Å². The van der Waals surface area contributed by atoms with Gasteiger partial charge in [0.25, 0.3) is 0 Å². The van der Waals surface area contributed by atoms with E-state index in [1.165, 1.54) is 0 Å². The Morgan fingerprint density at radius 1 is 0.923 bits per heavy atom. The summed E-state index contributed by atoms with van der Waals surface area (Å²) in [7, 11) is 1.63. The first-order chi connectivity index (χ1) is 12.6. The molecule has 0 saturated heterocycles. The molecule has 0 fully saturated rings. The molecule has 0 unspecified atom stereocenters. The molecule has 6 heteroatoms. The van der Waals surface area contributed by atoms with Crippen molar-refractivity contribution < 1.29 is 19.0 Å². The highest BCUT2D eigenvalue weighted by Crippen LogP contribution is 2.17. The first-order valence-electron chi connectivity index (χ1n) is 8.59. The zero-order valence-corrected chi connectivity index (χ0v) is 15.5. The summed E-state index contributed by atoms with van der Waals surface area (Å²) < 4.78 is 16.0. The zero-order valence-electron chi connectivity index (χ0n) is 15.5. The Hall–Kier alpha value is -2.73. The molecule has 2 N–H and O–H groups in total. The van der Waals surface area contributed by atoms with Crippen LogP contribution < -0.4 is 20.1 Å². The third-order valence-corrected chi connectivity index (χ3v) is 3.37. The van der Waals surface area contributed by atoms with Gasteiger partial charge in [-0.15, -0.1) is 0 Å². The molecule has 2 rings (SSSR count). The number of amides is 1. The quantitative estimate of drug-likeness (QED) is 0.636. The fourth-order valence-corrected chi connectivity index (χ4v) is 2.19. The maximum absolute atomic E-state index is 12.0. The van der Waals surface area contributed by atoms with Crippen LogP contribution >= 0.6 is 0 Å². The van der Waals surface area contributed by atoms with E-state index in [0.717, 1.165) is 22.9 Å². The highest BCUT2D eigenvalue weighted by molar-refractivity contribution is 5.93. The van der Waals surface area contributed by atoms with E-state index in [1.807, 2.05) is 50.2 Å². The van der Waals surface area contributed by atoms with E-state index in [9.17, 15) is 4.79 Å². The number of hydrogen-bond donors (Lipinski definition) is 2. The summed E-state index contributed by atoms with van der Waals surface area (Å²) in [5.74, 6) is 1.42.